The Morgan fingerprint density at radius 2 is 1.83 bits per heavy atom. The first kappa shape index (κ1) is 24.2. The standard InChI is InChI=1S/C27H33N5O4/c1-4-20(5-2)30-26(34)24-13-28-27(36-24)19-8-6-7-18(11-19)22-12-23(32(31-22)21-14-35-15-21)25(33)29-16(3)17-9-10-17/h6-8,11-13,16-17,20-21H,4-5,9-10,14-15H2,1-3H3,(H,29,33)(H,30,34)/t16-/m0/s1. The molecule has 0 unspecified atom stereocenters. The fraction of sp³-hybridized carbons (Fsp3) is 0.481. The van der Waals surface area contributed by atoms with Crippen LogP contribution in [0.1, 0.15) is 73.5 Å². The highest BCUT2D eigenvalue weighted by atomic mass is 16.5. The predicted molar refractivity (Wildman–Crippen MR) is 135 cm³/mol. The lowest BCUT2D eigenvalue weighted by Crippen LogP contribution is -2.38. The van der Waals surface area contributed by atoms with Crippen LogP contribution in [0.5, 0.6) is 0 Å². The maximum absolute atomic E-state index is 13.1. The second-order valence-electron chi connectivity index (χ2n) is 9.75. The van der Waals surface area contributed by atoms with Gasteiger partial charge in [0.2, 0.25) is 11.7 Å². The summed E-state index contributed by atoms with van der Waals surface area (Å²) >= 11 is 0. The molecule has 2 aliphatic rings. The Kier molecular flexibility index (Phi) is 6.91. The van der Waals surface area contributed by atoms with E-state index in [0.717, 1.165) is 36.8 Å². The van der Waals surface area contributed by atoms with Gasteiger partial charge in [-0.2, -0.15) is 5.10 Å². The Morgan fingerprint density at radius 3 is 2.50 bits per heavy atom. The monoisotopic (exact) mass is 491 g/mol. The maximum atomic E-state index is 13.1. The molecule has 0 radical (unpaired) electrons. The van der Waals surface area contributed by atoms with E-state index in [4.69, 9.17) is 14.3 Å². The summed E-state index contributed by atoms with van der Waals surface area (Å²) in [7, 11) is 0. The van der Waals surface area contributed by atoms with Crippen molar-refractivity contribution in [3.8, 4) is 22.7 Å². The summed E-state index contributed by atoms with van der Waals surface area (Å²) in [6, 6.07) is 9.73. The van der Waals surface area contributed by atoms with Crippen molar-refractivity contribution >= 4 is 11.8 Å². The fourth-order valence-corrected chi connectivity index (χ4v) is 4.42. The first-order valence-electron chi connectivity index (χ1n) is 12.8. The van der Waals surface area contributed by atoms with Crippen LogP contribution in [0.3, 0.4) is 0 Å². The Labute approximate surface area is 210 Å². The molecule has 2 N–H and O–H groups in total. The quantitative estimate of drug-likeness (QED) is 0.439. The lowest BCUT2D eigenvalue weighted by molar-refractivity contribution is -0.0294. The highest BCUT2D eigenvalue weighted by Gasteiger charge is 2.32. The molecule has 0 spiro atoms. The summed E-state index contributed by atoms with van der Waals surface area (Å²) in [5, 5.41) is 10.9. The second kappa shape index (κ2) is 10.3. The van der Waals surface area contributed by atoms with Gasteiger partial charge in [-0.1, -0.05) is 26.0 Å². The van der Waals surface area contributed by atoms with Gasteiger partial charge < -0.3 is 19.8 Å². The van der Waals surface area contributed by atoms with E-state index in [0.29, 0.717) is 36.4 Å². The summed E-state index contributed by atoms with van der Waals surface area (Å²) in [5.74, 6) is 0.721. The molecule has 190 valence electrons. The SMILES string of the molecule is CCC(CC)NC(=O)c1cnc(-c2cccc(-c3cc(C(=O)N[C@@H](C)C4CC4)n(C4COC4)n3)c2)o1. The average Bonchev–Trinajstić information content (AvgIpc) is 3.43. The van der Waals surface area contributed by atoms with Crippen LogP contribution in [0.2, 0.25) is 0 Å². The van der Waals surface area contributed by atoms with Gasteiger partial charge in [0.05, 0.1) is 31.1 Å². The van der Waals surface area contributed by atoms with Crippen LogP contribution in [0.25, 0.3) is 22.7 Å². The number of carbonyl (C=O) groups is 2. The van der Waals surface area contributed by atoms with Crippen LogP contribution in [-0.4, -0.2) is 51.9 Å². The minimum Gasteiger partial charge on any atom is -0.431 e. The normalized spacial score (nSPS) is 16.6. The molecule has 3 aromatic rings. The summed E-state index contributed by atoms with van der Waals surface area (Å²) < 4.78 is 12.9. The van der Waals surface area contributed by atoms with Crippen molar-refractivity contribution in [3.05, 3.63) is 48.0 Å². The van der Waals surface area contributed by atoms with Crippen molar-refractivity contribution in [2.45, 2.75) is 64.6 Å². The fourth-order valence-electron chi connectivity index (χ4n) is 4.42. The largest absolute Gasteiger partial charge is 0.431 e. The van der Waals surface area contributed by atoms with Crippen LogP contribution in [0.15, 0.2) is 40.9 Å². The molecular weight excluding hydrogens is 458 g/mol. The second-order valence-corrected chi connectivity index (χ2v) is 9.75. The Hall–Kier alpha value is -3.46. The van der Waals surface area contributed by atoms with Crippen molar-refractivity contribution in [3.63, 3.8) is 0 Å². The van der Waals surface area contributed by atoms with Crippen molar-refractivity contribution in [1.82, 2.24) is 25.4 Å². The number of amides is 2. The molecule has 0 bridgehead atoms. The molecule has 3 heterocycles. The van der Waals surface area contributed by atoms with E-state index < -0.39 is 0 Å². The van der Waals surface area contributed by atoms with Crippen LogP contribution in [0, 0.1) is 5.92 Å². The molecular formula is C27H33N5O4. The highest BCUT2D eigenvalue weighted by Crippen LogP contribution is 2.33. The molecule has 1 saturated heterocycles. The average molecular weight is 492 g/mol. The summed E-state index contributed by atoms with van der Waals surface area (Å²) in [4.78, 5) is 29.9. The first-order valence-corrected chi connectivity index (χ1v) is 12.8. The lowest BCUT2D eigenvalue weighted by atomic mass is 10.1. The summed E-state index contributed by atoms with van der Waals surface area (Å²) in [5.41, 5.74) is 2.78. The highest BCUT2D eigenvalue weighted by molar-refractivity contribution is 5.94. The van der Waals surface area contributed by atoms with Crippen molar-refractivity contribution in [2.24, 2.45) is 5.92 Å². The number of nitrogens with zero attached hydrogens (tertiary/aromatic N) is 3. The van der Waals surface area contributed by atoms with E-state index in [2.05, 4.69) is 22.5 Å². The van der Waals surface area contributed by atoms with Crippen LogP contribution >= 0.6 is 0 Å². The van der Waals surface area contributed by atoms with E-state index in [1.807, 2.05) is 44.2 Å². The van der Waals surface area contributed by atoms with Gasteiger partial charge in [-0.05, 0) is 56.7 Å². The Balaban J connectivity index is 1.38. The molecule has 5 rings (SSSR count). The third-order valence-corrected chi connectivity index (χ3v) is 7.08. The number of aromatic nitrogens is 3. The summed E-state index contributed by atoms with van der Waals surface area (Å²) in [6.45, 7) is 7.21. The topological polar surface area (TPSA) is 111 Å². The molecule has 1 saturated carbocycles. The lowest BCUT2D eigenvalue weighted by Gasteiger charge is -2.27. The smallest absolute Gasteiger partial charge is 0.288 e. The molecule has 2 amide bonds. The molecule has 9 heteroatoms. The molecule has 2 fully saturated rings. The number of oxazole rings is 1. The van der Waals surface area contributed by atoms with Gasteiger partial charge in [0.15, 0.2) is 0 Å². The van der Waals surface area contributed by atoms with E-state index in [9.17, 15) is 9.59 Å². The van der Waals surface area contributed by atoms with Gasteiger partial charge >= 0.3 is 0 Å². The van der Waals surface area contributed by atoms with E-state index in [1.54, 1.807) is 4.68 Å². The van der Waals surface area contributed by atoms with Crippen molar-refractivity contribution < 1.29 is 18.7 Å². The molecule has 1 aromatic carbocycles. The van der Waals surface area contributed by atoms with Crippen molar-refractivity contribution in [2.75, 3.05) is 13.2 Å². The van der Waals surface area contributed by atoms with Crippen LogP contribution in [0.4, 0.5) is 0 Å². The van der Waals surface area contributed by atoms with Crippen LogP contribution < -0.4 is 10.6 Å². The molecule has 2 aromatic heterocycles. The number of hydrogen-bond acceptors (Lipinski definition) is 6. The molecule has 36 heavy (non-hydrogen) atoms. The minimum atomic E-state index is -0.267. The van der Waals surface area contributed by atoms with Gasteiger partial charge in [0.25, 0.3) is 11.8 Å². The van der Waals surface area contributed by atoms with Gasteiger partial charge in [-0.15, -0.1) is 0 Å². The third kappa shape index (κ3) is 5.06. The zero-order valence-electron chi connectivity index (χ0n) is 21.0. The van der Waals surface area contributed by atoms with Crippen molar-refractivity contribution in [1.29, 1.82) is 0 Å². The Bertz CT molecular complexity index is 1240. The molecule has 1 aliphatic heterocycles. The van der Waals surface area contributed by atoms with E-state index in [-0.39, 0.29) is 35.7 Å². The zero-order valence-corrected chi connectivity index (χ0v) is 21.0. The minimum absolute atomic E-state index is 0.0433. The number of ether oxygens (including phenoxy) is 1. The number of benzene rings is 1. The predicted octanol–water partition coefficient (Wildman–Crippen LogP) is 4.22. The summed E-state index contributed by atoms with van der Waals surface area (Å²) in [6.07, 6.45) is 5.48. The molecule has 1 atom stereocenters. The van der Waals surface area contributed by atoms with Gasteiger partial charge in [0, 0.05) is 23.2 Å². The van der Waals surface area contributed by atoms with Gasteiger partial charge in [-0.25, -0.2) is 4.98 Å². The first-order chi connectivity index (χ1) is 17.5. The number of carbonyl (C=O) groups excluding carboxylic acids is 2. The Morgan fingerprint density at radius 1 is 1.08 bits per heavy atom. The molecule has 1 aliphatic carbocycles. The zero-order chi connectivity index (χ0) is 25.2. The third-order valence-electron chi connectivity index (χ3n) is 7.08. The molecule has 9 nitrogen and oxygen atoms in total. The van der Waals surface area contributed by atoms with E-state index in [1.165, 1.54) is 6.20 Å². The maximum Gasteiger partial charge on any atom is 0.288 e. The number of rotatable bonds is 10. The van der Waals surface area contributed by atoms with Crippen LogP contribution in [-0.2, 0) is 4.74 Å². The van der Waals surface area contributed by atoms with Gasteiger partial charge in [-0.3, -0.25) is 14.3 Å². The number of nitrogens with one attached hydrogen (secondary N) is 2. The number of hydrogen-bond donors (Lipinski definition) is 2. The van der Waals surface area contributed by atoms with Gasteiger partial charge in [0.1, 0.15) is 5.69 Å². The van der Waals surface area contributed by atoms with E-state index >= 15 is 0 Å².